The van der Waals surface area contributed by atoms with Gasteiger partial charge in [0.15, 0.2) is 0 Å². The van der Waals surface area contributed by atoms with Crippen LogP contribution in [0.2, 0.25) is 0 Å². The topological polar surface area (TPSA) is 28.2 Å². The van der Waals surface area contributed by atoms with Gasteiger partial charge in [-0.25, -0.2) is 0 Å². The molecule has 2 fully saturated rings. The third kappa shape index (κ3) is 2.67. The molecule has 19 heavy (non-hydrogen) atoms. The second-order valence-electron chi connectivity index (χ2n) is 6.05. The van der Waals surface area contributed by atoms with Gasteiger partial charge in [-0.2, -0.15) is 0 Å². The van der Waals surface area contributed by atoms with Crippen LogP contribution in [-0.2, 0) is 0 Å². The van der Waals surface area contributed by atoms with Gasteiger partial charge in [-0.05, 0) is 56.8 Å². The Bertz CT molecular complexity index is 394. The fraction of sp³-hybridized carbons (Fsp3) is 0.688. The van der Waals surface area contributed by atoms with Gasteiger partial charge >= 0.3 is 0 Å². The minimum absolute atomic E-state index is 0.496. The summed E-state index contributed by atoms with van der Waals surface area (Å²) in [6, 6.07) is 7.08. The molecule has 3 rings (SSSR count). The van der Waals surface area contributed by atoms with E-state index in [0.717, 1.165) is 24.7 Å². The number of hydrogen-bond donors (Lipinski definition) is 1. The summed E-state index contributed by atoms with van der Waals surface area (Å²) in [5.74, 6) is 0. The molecule has 2 aliphatic rings. The Morgan fingerprint density at radius 1 is 1.26 bits per heavy atom. The molecule has 3 heteroatoms. The van der Waals surface area contributed by atoms with Crippen LogP contribution in [0.15, 0.2) is 24.5 Å². The maximum atomic E-state index is 4.13. The van der Waals surface area contributed by atoms with Crippen molar-refractivity contribution in [2.24, 2.45) is 0 Å². The Morgan fingerprint density at radius 2 is 1.89 bits per heavy atom. The third-order valence-corrected chi connectivity index (χ3v) is 4.97. The first-order chi connectivity index (χ1) is 9.28. The van der Waals surface area contributed by atoms with E-state index >= 15 is 0 Å². The fourth-order valence-corrected chi connectivity index (χ4v) is 3.98. The molecule has 1 aromatic rings. The zero-order chi connectivity index (χ0) is 13.2. The smallest absolute Gasteiger partial charge is 0.0323 e. The van der Waals surface area contributed by atoms with Crippen LogP contribution in [-0.4, -0.2) is 34.6 Å². The Morgan fingerprint density at radius 3 is 2.47 bits per heavy atom. The lowest BCUT2D eigenvalue weighted by Gasteiger charge is -2.40. The van der Waals surface area contributed by atoms with E-state index in [1.54, 1.807) is 0 Å². The summed E-state index contributed by atoms with van der Waals surface area (Å²) in [4.78, 5) is 6.81. The van der Waals surface area contributed by atoms with Crippen molar-refractivity contribution < 1.29 is 0 Å². The molecule has 3 unspecified atom stereocenters. The van der Waals surface area contributed by atoms with Crippen molar-refractivity contribution >= 4 is 0 Å². The SMILES string of the molecule is CCN(C1CC2CCC(C1)N2)C(C)c1ccncc1. The molecule has 0 aliphatic carbocycles. The molecule has 1 N–H and O–H groups in total. The summed E-state index contributed by atoms with van der Waals surface area (Å²) in [6.07, 6.45) is 9.21. The van der Waals surface area contributed by atoms with Gasteiger partial charge in [0, 0.05) is 36.6 Å². The van der Waals surface area contributed by atoms with Gasteiger partial charge in [-0.1, -0.05) is 6.92 Å². The number of nitrogens with zero attached hydrogens (tertiary/aromatic N) is 2. The van der Waals surface area contributed by atoms with Crippen LogP contribution < -0.4 is 5.32 Å². The highest BCUT2D eigenvalue weighted by atomic mass is 15.2. The van der Waals surface area contributed by atoms with Crippen LogP contribution in [0.25, 0.3) is 0 Å². The van der Waals surface area contributed by atoms with Gasteiger partial charge in [0.25, 0.3) is 0 Å². The van der Waals surface area contributed by atoms with Crippen LogP contribution in [0.4, 0.5) is 0 Å². The van der Waals surface area contributed by atoms with Gasteiger partial charge in [-0.3, -0.25) is 9.88 Å². The Kier molecular flexibility index (Phi) is 3.85. The number of hydrogen-bond acceptors (Lipinski definition) is 3. The molecule has 3 atom stereocenters. The highest BCUT2D eigenvalue weighted by molar-refractivity contribution is 5.15. The number of aromatic nitrogens is 1. The predicted molar refractivity (Wildman–Crippen MR) is 78.0 cm³/mol. The molecular formula is C16H25N3. The van der Waals surface area contributed by atoms with E-state index < -0.39 is 0 Å². The predicted octanol–water partition coefficient (Wildman–Crippen LogP) is 2.75. The highest BCUT2D eigenvalue weighted by Crippen LogP contribution is 2.33. The molecule has 1 aromatic heterocycles. The first kappa shape index (κ1) is 13.1. The molecule has 0 aromatic carbocycles. The summed E-state index contributed by atoms with van der Waals surface area (Å²) in [7, 11) is 0. The van der Waals surface area contributed by atoms with E-state index in [0.29, 0.717) is 6.04 Å². The molecule has 2 aliphatic heterocycles. The Balaban J connectivity index is 1.73. The molecule has 2 saturated heterocycles. The molecule has 0 radical (unpaired) electrons. The van der Waals surface area contributed by atoms with Gasteiger partial charge in [0.1, 0.15) is 0 Å². The molecular weight excluding hydrogens is 234 g/mol. The van der Waals surface area contributed by atoms with Crippen molar-refractivity contribution in [1.82, 2.24) is 15.2 Å². The zero-order valence-electron chi connectivity index (χ0n) is 12.0. The second-order valence-corrected chi connectivity index (χ2v) is 6.05. The highest BCUT2D eigenvalue weighted by Gasteiger charge is 2.36. The minimum Gasteiger partial charge on any atom is -0.311 e. The molecule has 3 nitrogen and oxygen atoms in total. The lowest BCUT2D eigenvalue weighted by molar-refractivity contribution is 0.107. The number of pyridine rings is 1. The summed E-state index contributed by atoms with van der Waals surface area (Å²) in [5, 5.41) is 3.74. The number of piperidine rings is 1. The van der Waals surface area contributed by atoms with Crippen LogP contribution in [0.3, 0.4) is 0 Å². The van der Waals surface area contributed by atoms with Crippen molar-refractivity contribution in [3.05, 3.63) is 30.1 Å². The average molecular weight is 259 g/mol. The maximum absolute atomic E-state index is 4.13. The fourth-order valence-electron chi connectivity index (χ4n) is 3.98. The quantitative estimate of drug-likeness (QED) is 0.901. The lowest BCUT2D eigenvalue weighted by atomic mass is 9.95. The Labute approximate surface area is 116 Å². The van der Waals surface area contributed by atoms with E-state index in [2.05, 4.69) is 41.2 Å². The van der Waals surface area contributed by atoms with E-state index in [-0.39, 0.29) is 0 Å². The maximum Gasteiger partial charge on any atom is 0.0323 e. The first-order valence-corrected chi connectivity index (χ1v) is 7.69. The normalized spacial score (nSPS) is 31.6. The van der Waals surface area contributed by atoms with E-state index in [9.17, 15) is 0 Å². The average Bonchev–Trinajstić information content (AvgIpc) is 2.79. The van der Waals surface area contributed by atoms with Crippen molar-refractivity contribution in [3.63, 3.8) is 0 Å². The van der Waals surface area contributed by atoms with Gasteiger partial charge in [-0.15, -0.1) is 0 Å². The van der Waals surface area contributed by atoms with Crippen LogP contribution >= 0.6 is 0 Å². The first-order valence-electron chi connectivity index (χ1n) is 7.69. The molecule has 0 spiro atoms. The van der Waals surface area contributed by atoms with E-state index in [1.165, 1.54) is 31.2 Å². The van der Waals surface area contributed by atoms with Gasteiger partial charge in [0.2, 0.25) is 0 Å². The number of fused-ring (bicyclic) bond motifs is 2. The zero-order valence-corrected chi connectivity index (χ0v) is 12.0. The summed E-state index contributed by atoms with van der Waals surface area (Å²) < 4.78 is 0. The van der Waals surface area contributed by atoms with E-state index in [1.807, 2.05) is 12.4 Å². The monoisotopic (exact) mass is 259 g/mol. The van der Waals surface area contributed by atoms with Gasteiger partial charge < -0.3 is 5.32 Å². The van der Waals surface area contributed by atoms with Crippen molar-refractivity contribution in [3.8, 4) is 0 Å². The van der Waals surface area contributed by atoms with Crippen molar-refractivity contribution in [1.29, 1.82) is 0 Å². The summed E-state index contributed by atoms with van der Waals surface area (Å²) >= 11 is 0. The largest absolute Gasteiger partial charge is 0.311 e. The molecule has 0 amide bonds. The molecule has 2 bridgehead atoms. The van der Waals surface area contributed by atoms with E-state index in [4.69, 9.17) is 0 Å². The third-order valence-electron chi connectivity index (χ3n) is 4.97. The Hall–Kier alpha value is -0.930. The van der Waals surface area contributed by atoms with Crippen molar-refractivity contribution in [2.75, 3.05) is 6.54 Å². The summed E-state index contributed by atoms with van der Waals surface area (Å²) in [5.41, 5.74) is 1.39. The summed E-state index contributed by atoms with van der Waals surface area (Å²) in [6.45, 7) is 5.76. The standard InChI is InChI=1S/C16H25N3/c1-3-19(12(2)13-6-8-17-9-7-13)16-10-14-4-5-15(11-16)18-14/h6-9,12,14-16,18H,3-5,10-11H2,1-2H3. The van der Waals surface area contributed by atoms with Crippen LogP contribution in [0, 0.1) is 0 Å². The van der Waals surface area contributed by atoms with Crippen molar-refractivity contribution in [2.45, 2.75) is 63.7 Å². The van der Waals surface area contributed by atoms with Crippen LogP contribution in [0.1, 0.15) is 51.1 Å². The second kappa shape index (κ2) is 5.59. The molecule has 104 valence electrons. The molecule has 3 heterocycles. The molecule has 0 saturated carbocycles. The number of rotatable bonds is 4. The van der Waals surface area contributed by atoms with Crippen LogP contribution in [0.5, 0.6) is 0 Å². The van der Waals surface area contributed by atoms with Gasteiger partial charge in [0.05, 0.1) is 0 Å². The lowest BCUT2D eigenvalue weighted by Crippen LogP contribution is -2.48. The number of nitrogens with one attached hydrogen (secondary N) is 1. The minimum atomic E-state index is 0.496.